The van der Waals surface area contributed by atoms with Gasteiger partial charge >= 0.3 is 0 Å². The lowest BCUT2D eigenvalue weighted by Gasteiger charge is -2.23. The molecule has 0 N–H and O–H groups in total. The number of hydrogen-bond donors (Lipinski definition) is 0. The van der Waals surface area contributed by atoms with E-state index in [1.807, 2.05) is 52.2 Å². The van der Waals surface area contributed by atoms with Crippen LogP contribution in [0.15, 0.2) is 85.1 Å². The quantitative estimate of drug-likeness (QED) is 0.452. The predicted molar refractivity (Wildman–Crippen MR) is 116 cm³/mol. The Morgan fingerprint density at radius 2 is 1.52 bits per heavy atom. The van der Waals surface area contributed by atoms with Crippen molar-refractivity contribution < 1.29 is 4.79 Å². The summed E-state index contributed by atoms with van der Waals surface area (Å²) in [5.41, 5.74) is 4.55. The average molecular weight is 383 g/mol. The number of benzene rings is 3. The van der Waals surface area contributed by atoms with E-state index in [9.17, 15) is 4.79 Å². The van der Waals surface area contributed by atoms with Crippen molar-refractivity contribution in [1.29, 1.82) is 0 Å². The minimum atomic E-state index is 0.133. The van der Waals surface area contributed by atoms with Gasteiger partial charge in [0.25, 0.3) is 0 Å². The Morgan fingerprint density at radius 3 is 2.14 bits per heavy atom. The summed E-state index contributed by atoms with van der Waals surface area (Å²) in [4.78, 5) is 15.1. The molecule has 146 valence electrons. The average Bonchev–Trinajstić information content (AvgIpc) is 3.15. The van der Waals surface area contributed by atoms with Gasteiger partial charge in [0.1, 0.15) is 0 Å². The molecule has 4 nitrogen and oxygen atoms in total. The maximum atomic E-state index is 13.1. The van der Waals surface area contributed by atoms with Crippen LogP contribution in [0.3, 0.4) is 0 Å². The van der Waals surface area contributed by atoms with Crippen molar-refractivity contribution in [2.75, 3.05) is 0 Å². The van der Waals surface area contributed by atoms with E-state index < -0.39 is 0 Å². The van der Waals surface area contributed by atoms with Crippen molar-refractivity contribution in [1.82, 2.24) is 14.7 Å². The van der Waals surface area contributed by atoms with Crippen molar-refractivity contribution in [3.8, 4) is 0 Å². The Labute approximate surface area is 171 Å². The van der Waals surface area contributed by atoms with Gasteiger partial charge in [-0.3, -0.25) is 9.48 Å². The van der Waals surface area contributed by atoms with Gasteiger partial charge in [0.2, 0.25) is 5.91 Å². The molecule has 29 heavy (non-hydrogen) atoms. The van der Waals surface area contributed by atoms with Gasteiger partial charge < -0.3 is 4.90 Å². The highest BCUT2D eigenvalue weighted by Crippen LogP contribution is 2.17. The standard InChI is InChI=1S/C25H25N3O/c1-20-12-13-23-17-26-28(24(23)16-20)15-14-25(29)27(18-21-8-4-2-5-9-21)19-22-10-6-3-7-11-22/h2-13,16-17H,14-15,18-19H2,1H3. The molecule has 0 saturated heterocycles. The summed E-state index contributed by atoms with van der Waals surface area (Å²) in [5, 5.41) is 5.59. The first-order valence-corrected chi connectivity index (χ1v) is 9.97. The van der Waals surface area contributed by atoms with Crippen molar-refractivity contribution in [3.63, 3.8) is 0 Å². The molecule has 0 aliphatic rings. The van der Waals surface area contributed by atoms with Gasteiger partial charge in [0.05, 0.1) is 18.3 Å². The Morgan fingerprint density at radius 1 is 0.897 bits per heavy atom. The van der Waals surface area contributed by atoms with Crippen LogP contribution in [0.25, 0.3) is 10.9 Å². The number of aromatic nitrogens is 2. The first-order valence-electron chi connectivity index (χ1n) is 9.97. The summed E-state index contributed by atoms with van der Waals surface area (Å²) in [6.07, 6.45) is 2.29. The number of rotatable bonds is 7. The van der Waals surface area contributed by atoms with Gasteiger partial charge in [0.15, 0.2) is 0 Å². The Bertz CT molecular complexity index is 1050. The Kier molecular flexibility index (Phi) is 5.71. The predicted octanol–water partition coefficient (Wildman–Crippen LogP) is 4.96. The minimum Gasteiger partial charge on any atom is -0.334 e. The van der Waals surface area contributed by atoms with Gasteiger partial charge in [-0.2, -0.15) is 5.10 Å². The van der Waals surface area contributed by atoms with E-state index in [1.165, 1.54) is 5.56 Å². The lowest BCUT2D eigenvalue weighted by atomic mass is 10.1. The van der Waals surface area contributed by atoms with Crippen LogP contribution in [0.2, 0.25) is 0 Å². The van der Waals surface area contributed by atoms with E-state index in [2.05, 4.69) is 54.5 Å². The zero-order valence-corrected chi connectivity index (χ0v) is 16.7. The number of nitrogens with zero attached hydrogens (tertiary/aromatic N) is 3. The van der Waals surface area contributed by atoms with Crippen LogP contribution in [-0.2, 0) is 24.4 Å². The molecule has 1 aromatic heterocycles. The molecule has 4 aromatic rings. The van der Waals surface area contributed by atoms with Crippen LogP contribution < -0.4 is 0 Å². The van der Waals surface area contributed by atoms with Crippen molar-refractivity contribution >= 4 is 16.8 Å². The van der Waals surface area contributed by atoms with Crippen LogP contribution >= 0.6 is 0 Å². The smallest absolute Gasteiger partial charge is 0.225 e. The second-order valence-electron chi connectivity index (χ2n) is 7.40. The van der Waals surface area contributed by atoms with Crippen LogP contribution in [-0.4, -0.2) is 20.6 Å². The molecular weight excluding hydrogens is 358 g/mol. The molecule has 0 bridgehead atoms. The fraction of sp³-hybridized carbons (Fsp3) is 0.200. The van der Waals surface area contributed by atoms with Gasteiger partial charge in [-0.25, -0.2) is 0 Å². The maximum absolute atomic E-state index is 13.1. The maximum Gasteiger partial charge on any atom is 0.225 e. The van der Waals surface area contributed by atoms with E-state index in [-0.39, 0.29) is 5.91 Å². The molecule has 4 heteroatoms. The molecule has 0 aliphatic heterocycles. The number of aryl methyl sites for hydroxylation is 2. The molecule has 0 fully saturated rings. The van der Waals surface area contributed by atoms with Gasteiger partial charge in [0, 0.05) is 24.9 Å². The summed E-state index contributed by atoms with van der Waals surface area (Å²) in [6.45, 7) is 3.86. The summed E-state index contributed by atoms with van der Waals surface area (Å²) in [5.74, 6) is 0.133. The zero-order chi connectivity index (χ0) is 20.1. The Balaban J connectivity index is 1.50. The van der Waals surface area contributed by atoms with Crippen LogP contribution in [0.5, 0.6) is 0 Å². The number of carbonyl (C=O) groups is 1. The van der Waals surface area contributed by atoms with E-state index in [1.54, 1.807) is 0 Å². The highest BCUT2D eigenvalue weighted by molar-refractivity contribution is 5.80. The largest absolute Gasteiger partial charge is 0.334 e. The molecule has 4 rings (SSSR count). The topological polar surface area (TPSA) is 38.1 Å². The molecule has 0 aliphatic carbocycles. The molecule has 1 heterocycles. The lowest BCUT2D eigenvalue weighted by Crippen LogP contribution is -2.30. The second-order valence-corrected chi connectivity index (χ2v) is 7.40. The fourth-order valence-electron chi connectivity index (χ4n) is 3.56. The van der Waals surface area contributed by atoms with E-state index in [0.29, 0.717) is 26.1 Å². The van der Waals surface area contributed by atoms with Crippen molar-refractivity contribution in [2.45, 2.75) is 33.0 Å². The summed E-state index contributed by atoms with van der Waals surface area (Å²) in [7, 11) is 0. The highest BCUT2D eigenvalue weighted by Gasteiger charge is 2.15. The number of carbonyl (C=O) groups excluding carboxylic acids is 1. The second kappa shape index (κ2) is 8.74. The van der Waals surface area contributed by atoms with Crippen LogP contribution in [0, 0.1) is 6.92 Å². The zero-order valence-electron chi connectivity index (χ0n) is 16.7. The molecule has 3 aromatic carbocycles. The molecule has 0 saturated carbocycles. The van der Waals surface area contributed by atoms with Crippen LogP contribution in [0.4, 0.5) is 0 Å². The number of amides is 1. The molecule has 0 radical (unpaired) electrons. The third kappa shape index (κ3) is 4.72. The molecule has 0 atom stereocenters. The fourth-order valence-corrected chi connectivity index (χ4v) is 3.56. The molecule has 0 unspecified atom stereocenters. The van der Waals surface area contributed by atoms with Gasteiger partial charge in [-0.05, 0) is 29.7 Å². The third-order valence-electron chi connectivity index (χ3n) is 5.12. The molecule has 1 amide bonds. The summed E-state index contributed by atoms with van der Waals surface area (Å²) < 4.78 is 1.93. The summed E-state index contributed by atoms with van der Waals surface area (Å²) in [6, 6.07) is 26.6. The summed E-state index contributed by atoms with van der Waals surface area (Å²) >= 11 is 0. The monoisotopic (exact) mass is 383 g/mol. The van der Waals surface area contributed by atoms with Crippen molar-refractivity contribution in [2.24, 2.45) is 0 Å². The SMILES string of the molecule is Cc1ccc2cnn(CCC(=O)N(Cc3ccccc3)Cc3ccccc3)c2c1. The normalized spacial score (nSPS) is 10.9. The third-order valence-corrected chi connectivity index (χ3v) is 5.12. The molecular formula is C25H25N3O. The van der Waals surface area contributed by atoms with Crippen molar-refractivity contribution in [3.05, 3.63) is 102 Å². The lowest BCUT2D eigenvalue weighted by molar-refractivity contribution is -0.132. The van der Waals surface area contributed by atoms with E-state index in [4.69, 9.17) is 0 Å². The first-order chi connectivity index (χ1) is 14.2. The first kappa shape index (κ1) is 18.9. The minimum absolute atomic E-state index is 0.133. The Hall–Kier alpha value is -3.40. The van der Waals surface area contributed by atoms with E-state index in [0.717, 1.165) is 22.0 Å². The van der Waals surface area contributed by atoms with Gasteiger partial charge in [-0.15, -0.1) is 0 Å². The molecule has 0 spiro atoms. The van der Waals surface area contributed by atoms with Gasteiger partial charge in [-0.1, -0.05) is 72.8 Å². The van der Waals surface area contributed by atoms with E-state index >= 15 is 0 Å². The highest BCUT2D eigenvalue weighted by atomic mass is 16.2. The number of hydrogen-bond acceptors (Lipinski definition) is 2. The number of fused-ring (bicyclic) bond motifs is 1. The van der Waals surface area contributed by atoms with Crippen LogP contribution in [0.1, 0.15) is 23.1 Å².